The normalized spacial score (nSPS) is 11.3. The van der Waals surface area contributed by atoms with Crippen LogP contribution in [-0.2, 0) is 0 Å². The Morgan fingerprint density at radius 1 is 0.656 bits per heavy atom. The van der Waals surface area contributed by atoms with Gasteiger partial charge in [0.1, 0.15) is 11.3 Å². The van der Waals surface area contributed by atoms with Crippen molar-refractivity contribution < 1.29 is 4.42 Å². The van der Waals surface area contributed by atoms with Crippen molar-refractivity contribution in [3.8, 4) is 33.8 Å². The smallest absolute Gasteiger partial charge is 0.156 e. The first-order valence-electron chi connectivity index (χ1n) is 10.9. The van der Waals surface area contributed by atoms with Crippen LogP contribution in [0.25, 0.3) is 44.8 Å². The second-order valence-electron chi connectivity index (χ2n) is 8.63. The maximum atomic E-state index is 6.36. The van der Waals surface area contributed by atoms with Gasteiger partial charge in [-0.2, -0.15) is 0 Å². The summed E-state index contributed by atoms with van der Waals surface area (Å²) < 4.78 is 6.36. The van der Waals surface area contributed by atoms with Gasteiger partial charge in [0, 0.05) is 28.9 Å². The summed E-state index contributed by atoms with van der Waals surface area (Å²) >= 11 is 0. The van der Waals surface area contributed by atoms with Crippen molar-refractivity contribution in [2.24, 2.45) is 0 Å². The van der Waals surface area contributed by atoms with Gasteiger partial charge < -0.3 is 4.42 Å². The summed E-state index contributed by atoms with van der Waals surface area (Å²) in [5, 5.41) is 1.14. The van der Waals surface area contributed by atoms with Gasteiger partial charge in [-0.25, -0.2) is 0 Å². The van der Waals surface area contributed by atoms with Crippen LogP contribution in [0.5, 0.6) is 0 Å². The minimum atomic E-state index is 0.845. The second-order valence-corrected chi connectivity index (χ2v) is 8.63. The van der Waals surface area contributed by atoms with Crippen LogP contribution in [0.1, 0.15) is 27.8 Å². The zero-order chi connectivity index (χ0) is 22.4. The molecule has 32 heavy (non-hydrogen) atoms. The van der Waals surface area contributed by atoms with Crippen LogP contribution >= 0.6 is 0 Å². The molecule has 5 aromatic rings. The Hall–Kier alpha value is -3.72. The molecular formula is C29H26N2O. The Morgan fingerprint density at radius 2 is 1.47 bits per heavy atom. The number of benzene rings is 2. The fourth-order valence-corrected chi connectivity index (χ4v) is 4.29. The van der Waals surface area contributed by atoms with Crippen LogP contribution in [0.4, 0.5) is 0 Å². The number of hydrogen-bond donors (Lipinski definition) is 0. The van der Waals surface area contributed by atoms with Crippen LogP contribution in [0, 0.1) is 34.6 Å². The lowest BCUT2D eigenvalue weighted by atomic mass is 9.92. The van der Waals surface area contributed by atoms with Gasteiger partial charge in [-0.05, 0) is 98.3 Å². The maximum absolute atomic E-state index is 6.36. The van der Waals surface area contributed by atoms with E-state index in [0.29, 0.717) is 0 Å². The third kappa shape index (κ3) is 3.40. The summed E-state index contributed by atoms with van der Waals surface area (Å²) in [5.74, 6) is 0.845. The standard InChI is InChI=1S/C29H26N2O/c1-17-11-12-30-27(13-17)23-8-6-7-22(14-23)24-15-25-21(5)29(26-10-9-18(2)16-31-26)32-28(25)20(4)19(24)3/h6-16H,1-5H3. The quantitative estimate of drug-likeness (QED) is 0.300. The number of pyridine rings is 2. The van der Waals surface area contributed by atoms with Gasteiger partial charge in [0.25, 0.3) is 0 Å². The number of aryl methyl sites for hydroxylation is 4. The van der Waals surface area contributed by atoms with E-state index in [0.717, 1.165) is 50.4 Å². The highest BCUT2D eigenvalue weighted by atomic mass is 16.3. The van der Waals surface area contributed by atoms with Crippen molar-refractivity contribution in [1.82, 2.24) is 9.97 Å². The Labute approximate surface area is 188 Å². The molecule has 0 aliphatic carbocycles. The molecule has 0 fully saturated rings. The van der Waals surface area contributed by atoms with E-state index in [1.54, 1.807) is 0 Å². The molecule has 0 N–H and O–H groups in total. The molecule has 0 saturated heterocycles. The number of rotatable bonds is 3. The first-order chi connectivity index (χ1) is 15.4. The summed E-state index contributed by atoms with van der Waals surface area (Å²) in [5.41, 5.74) is 12.2. The molecule has 0 atom stereocenters. The molecule has 0 radical (unpaired) electrons. The summed E-state index contributed by atoms with van der Waals surface area (Å²) in [6.45, 7) is 10.6. The summed E-state index contributed by atoms with van der Waals surface area (Å²) in [6.07, 6.45) is 3.75. The molecular weight excluding hydrogens is 392 g/mol. The zero-order valence-corrected chi connectivity index (χ0v) is 19.2. The lowest BCUT2D eigenvalue weighted by Gasteiger charge is -2.12. The summed E-state index contributed by atoms with van der Waals surface area (Å²) in [4.78, 5) is 9.16. The van der Waals surface area contributed by atoms with Gasteiger partial charge in [-0.1, -0.05) is 24.3 Å². The molecule has 0 unspecified atom stereocenters. The van der Waals surface area contributed by atoms with Gasteiger partial charge in [0.05, 0.1) is 5.69 Å². The van der Waals surface area contributed by atoms with Crippen molar-refractivity contribution in [1.29, 1.82) is 0 Å². The van der Waals surface area contributed by atoms with Gasteiger partial charge in [-0.3, -0.25) is 9.97 Å². The van der Waals surface area contributed by atoms with E-state index in [4.69, 9.17) is 4.42 Å². The predicted molar refractivity (Wildman–Crippen MR) is 132 cm³/mol. The van der Waals surface area contributed by atoms with E-state index >= 15 is 0 Å². The monoisotopic (exact) mass is 418 g/mol. The van der Waals surface area contributed by atoms with E-state index in [9.17, 15) is 0 Å². The fraction of sp³-hybridized carbons (Fsp3) is 0.172. The first-order valence-corrected chi connectivity index (χ1v) is 10.9. The van der Waals surface area contributed by atoms with E-state index in [1.165, 1.54) is 22.3 Å². The highest BCUT2D eigenvalue weighted by Gasteiger charge is 2.19. The molecule has 0 aliphatic rings. The molecule has 3 nitrogen and oxygen atoms in total. The molecule has 0 aliphatic heterocycles. The Bertz CT molecular complexity index is 1460. The number of furan rings is 1. The third-order valence-electron chi connectivity index (χ3n) is 6.32. The van der Waals surface area contributed by atoms with Crippen LogP contribution < -0.4 is 0 Å². The van der Waals surface area contributed by atoms with Gasteiger partial charge in [0.2, 0.25) is 0 Å². The van der Waals surface area contributed by atoms with Crippen molar-refractivity contribution in [3.05, 3.63) is 94.8 Å². The van der Waals surface area contributed by atoms with E-state index in [-0.39, 0.29) is 0 Å². The minimum Gasteiger partial charge on any atom is -0.454 e. The van der Waals surface area contributed by atoms with Crippen molar-refractivity contribution in [2.45, 2.75) is 34.6 Å². The van der Waals surface area contributed by atoms with Gasteiger partial charge >= 0.3 is 0 Å². The van der Waals surface area contributed by atoms with Crippen molar-refractivity contribution >= 4 is 11.0 Å². The topological polar surface area (TPSA) is 38.9 Å². The van der Waals surface area contributed by atoms with Crippen LogP contribution in [0.15, 0.2) is 71.4 Å². The molecule has 0 amide bonds. The minimum absolute atomic E-state index is 0.845. The van der Waals surface area contributed by atoms with Crippen LogP contribution in [-0.4, -0.2) is 9.97 Å². The van der Waals surface area contributed by atoms with Crippen molar-refractivity contribution in [2.75, 3.05) is 0 Å². The van der Waals surface area contributed by atoms with E-state index in [2.05, 4.69) is 80.1 Å². The fourth-order valence-electron chi connectivity index (χ4n) is 4.29. The number of hydrogen-bond acceptors (Lipinski definition) is 3. The highest BCUT2D eigenvalue weighted by molar-refractivity contribution is 5.94. The average Bonchev–Trinajstić information content (AvgIpc) is 3.13. The van der Waals surface area contributed by atoms with Crippen LogP contribution in [0.3, 0.4) is 0 Å². The molecule has 0 spiro atoms. The second kappa shape index (κ2) is 7.76. The SMILES string of the molecule is Cc1ccc(-c2oc3c(C)c(C)c(-c4cccc(-c5cc(C)ccn5)c4)cc3c2C)nc1. The summed E-state index contributed by atoms with van der Waals surface area (Å²) in [6, 6.07) is 19.1. The molecule has 0 saturated carbocycles. The third-order valence-corrected chi connectivity index (χ3v) is 6.32. The molecule has 3 heterocycles. The molecule has 158 valence electrons. The summed E-state index contributed by atoms with van der Waals surface area (Å²) in [7, 11) is 0. The molecule has 0 bridgehead atoms. The Balaban J connectivity index is 1.67. The Morgan fingerprint density at radius 3 is 2.22 bits per heavy atom. The zero-order valence-electron chi connectivity index (χ0n) is 19.2. The lowest BCUT2D eigenvalue weighted by molar-refractivity contribution is 0.623. The first kappa shape index (κ1) is 20.2. The lowest BCUT2D eigenvalue weighted by Crippen LogP contribution is -1.90. The largest absolute Gasteiger partial charge is 0.454 e. The molecule has 3 heteroatoms. The Kier molecular flexibility index (Phi) is 4.90. The highest BCUT2D eigenvalue weighted by Crippen LogP contribution is 2.39. The molecule has 5 rings (SSSR count). The number of nitrogens with zero attached hydrogens (tertiary/aromatic N) is 2. The van der Waals surface area contributed by atoms with E-state index in [1.807, 2.05) is 31.5 Å². The number of aromatic nitrogens is 2. The maximum Gasteiger partial charge on any atom is 0.156 e. The number of fused-ring (bicyclic) bond motifs is 1. The van der Waals surface area contributed by atoms with Gasteiger partial charge in [-0.15, -0.1) is 0 Å². The average molecular weight is 419 g/mol. The van der Waals surface area contributed by atoms with Crippen LogP contribution in [0.2, 0.25) is 0 Å². The molecule has 2 aromatic carbocycles. The van der Waals surface area contributed by atoms with E-state index < -0.39 is 0 Å². The predicted octanol–water partition coefficient (Wildman–Crippen LogP) is 7.77. The molecule has 3 aromatic heterocycles. The van der Waals surface area contributed by atoms with Crippen molar-refractivity contribution in [3.63, 3.8) is 0 Å². The van der Waals surface area contributed by atoms with Gasteiger partial charge in [0.15, 0.2) is 5.76 Å².